The minimum absolute atomic E-state index is 0.283. The van der Waals surface area contributed by atoms with Crippen molar-refractivity contribution < 1.29 is 9.21 Å². The third-order valence-electron chi connectivity index (χ3n) is 6.34. The Labute approximate surface area is 190 Å². The number of aliphatic imine (C=N–C) groups is 1. The van der Waals surface area contributed by atoms with Gasteiger partial charge in [-0.05, 0) is 25.0 Å². The second kappa shape index (κ2) is 11.1. The van der Waals surface area contributed by atoms with E-state index in [4.69, 9.17) is 4.42 Å². The van der Waals surface area contributed by atoms with Crippen molar-refractivity contribution in [3.8, 4) is 11.5 Å². The standard InChI is InChI=1S/C24H34N6O2/c1-25-24(27-17-21-18-32-22(28-21)19-7-3-2-4-8-19)26-11-12-29-13-15-30(16-14-29)23(31)20-9-5-6-10-20/h2-4,7-8,18,20H,5-6,9-17H2,1H3,(H2,25,26,27). The lowest BCUT2D eigenvalue weighted by Crippen LogP contribution is -2.51. The molecule has 0 unspecified atom stereocenters. The van der Waals surface area contributed by atoms with Crippen molar-refractivity contribution in [2.45, 2.75) is 32.2 Å². The summed E-state index contributed by atoms with van der Waals surface area (Å²) in [4.78, 5) is 25.9. The van der Waals surface area contributed by atoms with E-state index in [1.54, 1.807) is 13.3 Å². The fourth-order valence-corrected chi connectivity index (χ4v) is 4.45. The van der Waals surface area contributed by atoms with Gasteiger partial charge in [0.2, 0.25) is 11.8 Å². The first-order valence-electron chi connectivity index (χ1n) is 11.7. The van der Waals surface area contributed by atoms with E-state index in [0.717, 1.165) is 69.3 Å². The zero-order valence-corrected chi connectivity index (χ0v) is 18.9. The lowest BCUT2D eigenvalue weighted by Gasteiger charge is -2.36. The average molecular weight is 439 g/mol. The van der Waals surface area contributed by atoms with Crippen LogP contribution in [0.15, 0.2) is 46.0 Å². The first-order chi connectivity index (χ1) is 15.7. The minimum atomic E-state index is 0.283. The van der Waals surface area contributed by atoms with Gasteiger partial charge in [0, 0.05) is 57.8 Å². The van der Waals surface area contributed by atoms with Gasteiger partial charge in [0.25, 0.3) is 0 Å². The first kappa shape index (κ1) is 22.3. The van der Waals surface area contributed by atoms with Crippen LogP contribution in [-0.2, 0) is 11.3 Å². The molecule has 1 aromatic carbocycles. The Kier molecular flexibility index (Phi) is 7.77. The monoisotopic (exact) mass is 438 g/mol. The molecule has 2 aromatic rings. The number of carbonyl (C=O) groups is 1. The van der Waals surface area contributed by atoms with E-state index in [0.29, 0.717) is 18.3 Å². The van der Waals surface area contributed by atoms with Crippen LogP contribution in [0.2, 0.25) is 0 Å². The van der Waals surface area contributed by atoms with Crippen LogP contribution < -0.4 is 10.6 Å². The molecule has 1 aromatic heterocycles. The topological polar surface area (TPSA) is 86.0 Å². The summed E-state index contributed by atoms with van der Waals surface area (Å²) in [6, 6.07) is 9.87. The molecule has 1 saturated heterocycles. The van der Waals surface area contributed by atoms with E-state index in [-0.39, 0.29) is 5.92 Å². The molecule has 0 atom stereocenters. The predicted molar refractivity (Wildman–Crippen MR) is 125 cm³/mol. The van der Waals surface area contributed by atoms with Gasteiger partial charge >= 0.3 is 0 Å². The summed E-state index contributed by atoms with van der Waals surface area (Å²) < 4.78 is 5.59. The summed E-state index contributed by atoms with van der Waals surface area (Å²) >= 11 is 0. The smallest absolute Gasteiger partial charge is 0.226 e. The molecule has 2 fully saturated rings. The Hall–Kier alpha value is -2.87. The van der Waals surface area contributed by atoms with Crippen molar-refractivity contribution in [1.29, 1.82) is 0 Å². The van der Waals surface area contributed by atoms with E-state index >= 15 is 0 Å². The summed E-state index contributed by atoms with van der Waals surface area (Å²) in [6.07, 6.45) is 6.26. The third kappa shape index (κ3) is 5.88. The fraction of sp³-hybridized carbons (Fsp3) is 0.542. The zero-order chi connectivity index (χ0) is 22.2. The Morgan fingerprint density at radius 1 is 1.12 bits per heavy atom. The molecule has 0 radical (unpaired) electrons. The largest absolute Gasteiger partial charge is 0.444 e. The third-order valence-corrected chi connectivity index (χ3v) is 6.34. The molecule has 8 nitrogen and oxygen atoms in total. The van der Waals surface area contributed by atoms with Crippen molar-refractivity contribution in [3.05, 3.63) is 42.3 Å². The number of carbonyl (C=O) groups excluding carboxylic acids is 1. The zero-order valence-electron chi connectivity index (χ0n) is 18.9. The van der Waals surface area contributed by atoms with Crippen LogP contribution in [0.25, 0.3) is 11.5 Å². The SMILES string of the molecule is CN=C(NCCN1CCN(C(=O)C2CCCC2)CC1)NCc1coc(-c2ccccc2)n1. The van der Waals surface area contributed by atoms with E-state index in [1.165, 1.54) is 12.8 Å². The minimum Gasteiger partial charge on any atom is -0.444 e. The molecule has 1 aliphatic heterocycles. The Balaban J connectivity index is 1.14. The van der Waals surface area contributed by atoms with Crippen LogP contribution >= 0.6 is 0 Å². The Bertz CT molecular complexity index is 883. The van der Waals surface area contributed by atoms with Crippen molar-refractivity contribution in [3.63, 3.8) is 0 Å². The molecule has 0 spiro atoms. The van der Waals surface area contributed by atoms with Crippen LogP contribution in [0, 0.1) is 5.92 Å². The number of oxazole rings is 1. The lowest BCUT2D eigenvalue weighted by molar-refractivity contribution is -0.137. The van der Waals surface area contributed by atoms with Gasteiger partial charge in [-0.3, -0.25) is 14.7 Å². The van der Waals surface area contributed by atoms with Gasteiger partial charge in [0.1, 0.15) is 6.26 Å². The number of piperazine rings is 1. The molecule has 1 saturated carbocycles. The molecule has 4 rings (SSSR count). The summed E-state index contributed by atoms with van der Waals surface area (Å²) in [7, 11) is 1.76. The normalized spacial score (nSPS) is 18.2. The highest BCUT2D eigenvalue weighted by molar-refractivity contribution is 5.79. The Morgan fingerprint density at radius 3 is 2.59 bits per heavy atom. The number of nitrogens with one attached hydrogen (secondary N) is 2. The van der Waals surface area contributed by atoms with Crippen LogP contribution in [0.4, 0.5) is 0 Å². The molecule has 0 bridgehead atoms. The highest BCUT2D eigenvalue weighted by Gasteiger charge is 2.29. The maximum atomic E-state index is 12.6. The molecule has 1 amide bonds. The average Bonchev–Trinajstić information content (AvgIpc) is 3.54. The Morgan fingerprint density at radius 2 is 1.88 bits per heavy atom. The van der Waals surface area contributed by atoms with Crippen molar-refractivity contribution in [2.75, 3.05) is 46.3 Å². The molecular formula is C24H34N6O2. The number of nitrogens with zero attached hydrogens (tertiary/aromatic N) is 4. The molecule has 2 aliphatic rings. The number of hydrogen-bond acceptors (Lipinski definition) is 5. The first-order valence-corrected chi connectivity index (χ1v) is 11.7. The number of hydrogen-bond donors (Lipinski definition) is 2. The van der Waals surface area contributed by atoms with E-state index in [1.807, 2.05) is 30.3 Å². The maximum Gasteiger partial charge on any atom is 0.226 e. The van der Waals surface area contributed by atoms with E-state index in [2.05, 4.69) is 30.4 Å². The van der Waals surface area contributed by atoms with Gasteiger partial charge in [-0.15, -0.1) is 0 Å². The number of aromatic nitrogens is 1. The van der Waals surface area contributed by atoms with Gasteiger partial charge in [-0.1, -0.05) is 31.0 Å². The highest BCUT2D eigenvalue weighted by atomic mass is 16.3. The van der Waals surface area contributed by atoms with E-state index < -0.39 is 0 Å². The molecule has 8 heteroatoms. The number of guanidine groups is 1. The molecule has 2 N–H and O–H groups in total. The van der Waals surface area contributed by atoms with Crippen LogP contribution in [0.5, 0.6) is 0 Å². The summed E-state index contributed by atoms with van der Waals surface area (Å²) in [6.45, 7) is 5.83. The quantitative estimate of drug-likeness (QED) is 0.510. The number of benzene rings is 1. The van der Waals surface area contributed by atoms with Crippen LogP contribution in [0.1, 0.15) is 31.4 Å². The van der Waals surface area contributed by atoms with Gasteiger partial charge in [-0.25, -0.2) is 4.98 Å². The molecule has 1 aliphatic carbocycles. The fourth-order valence-electron chi connectivity index (χ4n) is 4.45. The maximum absolute atomic E-state index is 12.6. The molecule has 172 valence electrons. The highest BCUT2D eigenvalue weighted by Crippen LogP contribution is 2.26. The van der Waals surface area contributed by atoms with Gasteiger partial charge < -0.3 is 20.0 Å². The van der Waals surface area contributed by atoms with Crippen molar-refractivity contribution >= 4 is 11.9 Å². The number of rotatable bonds is 7. The predicted octanol–water partition coefficient (Wildman–Crippen LogP) is 2.34. The number of amides is 1. The summed E-state index contributed by atoms with van der Waals surface area (Å²) in [5, 5.41) is 6.65. The van der Waals surface area contributed by atoms with Crippen LogP contribution in [0.3, 0.4) is 0 Å². The van der Waals surface area contributed by atoms with Gasteiger partial charge in [0.05, 0.1) is 12.2 Å². The molecule has 2 heterocycles. The molecular weight excluding hydrogens is 404 g/mol. The molecule has 32 heavy (non-hydrogen) atoms. The van der Waals surface area contributed by atoms with Crippen LogP contribution in [-0.4, -0.2) is 73.0 Å². The van der Waals surface area contributed by atoms with Crippen molar-refractivity contribution in [1.82, 2.24) is 25.4 Å². The second-order valence-corrected chi connectivity index (χ2v) is 8.51. The second-order valence-electron chi connectivity index (χ2n) is 8.51. The van der Waals surface area contributed by atoms with Gasteiger partial charge in [0.15, 0.2) is 5.96 Å². The van der Waals surface area contributed by atoms with E-state index in [9.17, 15) is 4.79 Å². The van der Waals surface area contributed by atoms with Gasteiger partial charge in [-0.2, -0.15) is 0 Å². The summed E-state index contributed by atoms with van der Waals surface area (Å²) in [5.41, 5.74) is 1.79. The lowest BCUT2D eigenvalue weighted by atomic mass is 10.1. The summed E-state index contributed by atoms with van der Waals surface area (Å²) in [5.74, 6) is 2.03. The van der Waals surface area contributed by atoms with Crippen molar-refractivity contribution in [2.24, 2.45) is 10.9 Å².